The van der Waals surface area contributed by atoms with E-state index in [4.69, 9.17) is 27.9 Å². The zero-order chi connectivity index (χ0) is 36.2. The van der Waals surface area contributed by atoms with Crippen LogP contribution in [0.3, 0.4) is 0 Å². The number of nitrogens with zero attached hydrogens (tertiary/aromatic N) is 7. The van der Waals surface area contributed by atoms with Gasteiger partial charge in [0.15, 0.2) is 34.9 Å². The Labute approximate surface area is 306 Å². The van der Waals surface area contributed by atoms with Crippen LogP contribution in [-0.4, -0.2) is 96.2 Å². The highest BCUT2D eigenvalue weighted by molar-refractivity contribution is 6.31. The molecule has 0 radical (unpaired) electrons. The fraction of sp³-hybridized carbons (Fsp3) is 0.324. The Hall–Kier alpha value is -5.19. The van der Waals surface area contributed by atoms with Crippen molar-refractivity contribution in [3.05, 3.63) is 71.0 Å². The van der Waals surface area contributed by atoms with E-state index in [-0.39, 0.29) is 23.7 Å². The average Bonchev–Trinajstić information content (AvgIpc) is 3.78. The predicted molar refractivity (Wildman–Crippen MR) is 194 cm³/mol. The van der Waals surface area contributed by atoms with Gasteiger partial charge in [-0.1, -0.05) is 23.2 Å². The third kappa shape index (κ3) is 7.83. The molecule has 2 saturated heterocycles. The first-order valence-corrected chi connectivity index (χ1v) is 17.4. The van der Waals surface area contributed by atoms with E-state index in [1.807, 2.05) is 0 Å². The standard InChI is InChI=1S/C18H18ClFN6O2.C16H16ClFN6/c1-28-18(27)26-4-2-3-11(9-26)24-17-14(20)8-23-16(25-17)13-7-22-15-12(13)5-10(19)6-21-15;17-9-4-11-12(7-21-14(11)20-5-9)15-22-8-13(18)16(24-15)23-10-2-1-3-19-6-10/h5-8,11H,2-4,9H2,1H3,(H,21,22)(H,23,24,25);4-5,7-8,10,19H,1-3,6H2,(H,20,21)(H,22,23,24)/t11-;10-/m00/s1. The summed E-state index contributed by atoms with van der Waals surface area (Å²) in [7, 11) is 1.35. The third-order valence-electron chi connectivity index (χ3n) is 8.80. The maximum Gasteiger partial charge on any atom is 0.409 e. The lowest BCUT2D eigenvalue weighted by atomic mass is 10.1. The van der Waals surface area contributed by atoms with Crippen LogP contribution in [0.5, 0.6) is 0 Å². The number of rotatable bonds is 6. The van der Waals surface area contributed by atoms with E-state index in [0.29, 0.717) is 51.6 Å². The molecule has 0 spiro atoms. The van der Waals surface area contributed by atoms with Crippen LogP contribution in [0.2, 0.25) is 10.0 Å². The van der Waals surface area contributed by atoms with E-state index in [0.717, 1.165) is 61.3 Å². The zero-order valence-electron chi connectivity index (χ0n) is 27.9. The van der Waals surface area contributed by atoms with E-state index in [9.17, 15) is 13.6 Å². The molecule has 2 fully saturated rings. The van der Waals surface area contributed by atoms with Gasteiger partial charge < -0.3 is 35.6 Å². The van der Waals surface area contributed by atoms with Crippen molar-refractivity contribution >= 4 is 63.0 Å². The summed E-state index contributed by atoms with van der Waals surface area (Å²) in [5, 5.41) is 12.1. The number of methoxy groups -OCH3 is 1. The van der Waals surface area contributed by atoms with Crippen LogP contribution in [0.15, 0.2) is 49.3 Å². The molecule has 14 nitrogen and oxygen atoms in total. The number of halogens is 4. The summed E-state index contributed by atoms with van der Waals surface area (Å²) in [6, 6.07) is 3.57. The van der Waals surface area contributed by atoms with Crippen LogP contribution in [-0.2, 0) is 4.74 Å². The Kier molecular flexibility index (Phi) is 10.6. The highest BCUT2D eigenvalue weighted by atomic mass is 35.5. The largest absolute Gasteiger partial charge is 0.453 e. The summed E-state index contributed by atoms with van der Waals surface area (Å²) in [5.41, 5.74) is 2.74. The first-order valence-electron chi connectivity index (χ1n) is 16.6. The number of aromatic amines is 2. The van der Waals surface area contributed by atoms with Crippen LogP contribution in [0, 0.1) is 11.6 Å². The topological polar surface area (TPSA) is 175 Å². The summed E-state index contributed by atoms with van der Waals surface area (Å²) in [6.07, 6.45) is 12.1. The van der Waals surface area contributed by atoms with Gasteiger partial charge in [0.25, 0.3) is 0 Å². The molecule has 5 N–H and O–H groups in total. The molecular formula is C34H34Cl2F2N12O2. The van der Waals surface area contributed by atoms with Gasteiger partial charge in [0, 0.05) is 78.4 Å². The van der Waals surface area contributed by atoms with E-state index in [1.165, 1.54) is 13.3 Å². The van der Waals surface area contributed by atoms with Gasteiger partial charge in [0.05, 0.1) is 29.5 Å². The van der Waals surface area contributed by atoms with Crippen LogP contribution in [0.25, 0.3) is 44.8 Å². The highest BCUT2D eigenvalue weighted by Gasteiger charge is 2.26. The van der Waals surface area contributed by atoms with Gasteiger partial charge in [-0.15, -0.1) is 0 Å². The number of carbonyl (C=O) groups excluding carboxylic acids is 1. The van der Waals surface area contributed by atoms with Crippen LogP contribution >= 0.6 is 23.2 Å². The number of aromatic nitrogens is 8. The number of hydrogen-bond acceptors (Lipinski definition) is 11. The lowest BCUT2D eigenvalue weighted by Crippen LogP contribution is -2.45. The lowest BCUT2D eigenvalue weighted by molar-refractivity contribution is 0.113. The van der Waals surface area contributed by atoms with Gasteiger partial charge >= 0.3 is 6.09 Å². The van der Waals surface area contributed by atoms with Gasteiger partial charge in [-0.3, -0.25) is 0 Å². The summed E-state index contributed by atoms with van der Waals surface area (Å²) in [5.74, 6) is 0.0668. The molecule has 0 saturated carbocycles. The minimum Gasteiger partial charge on any atom is -0.453 e. The number of carbonyl (C=O) groups is 1. The molecule has 2 atom stereocenters. The number of likely N-dealkylation sites (tertiary alicyclic amines) is 1. The molecule has 6 aromatic rings. The molecule has 0 bridgehead atoms. The minimum atomic E-state index is -0.560. The first kappa shape index (κ1) is 35.2. The monoisotopic (exact) mass is 750 g/mol. The fourth-order valence-electron chi connectivity index (χ4n) is 6.27. The van der Waals surface area contributed by atoms with E-state index >= 15 is 0 Å². The molecule has 1 amide bonds. The molecule has 2 aliphatic rings. The van der Waals surface area contributed by atoms with Crippen molar-refractivity contribution in [2.75, 3.05) is 43.9 Å². The summed E-state index contributed by atoms with van der Waals surface area (Å²) < 4.78 is 33.2. The Morgan fingerprint density at radius 1 is 0.827 bits per heavy atom. The van der Waals surface area contributed by atoms with Crippen molar-refractivity contribution in [2.45, 2.75) is 37.8 Å². The summed E-state index contributed by atoms with van der Waals surface area (Å²) in [6.45, 7) is 2.83. The Morgan fingerprint density at radius 3 is 1.92 bits per heavy atom. The fourth-order valence-corrected chi connectivity index (χ4v) is 6.59. The lowest BCUT2D eigenvalue weighted by Gasteiger charge is -2.32. The maximum absolute atomic E-state index is 14.3. The SMILES string of the molecule is COC(=O)N1CCC[C@H](Nc2nc(-c3c[nH]c4ncc(Cl)cc34)ncc2F)C1.Fc1cnc(-c2c[nH]c3ncc(Cl)cc23)nc1N[C@H]1CCCNC1. The Bertz CT molecular complexity index is 2210. The summed E-state index contributed by atoms with van der Waals surface area (Å²) >= 11 is 12.1. The van der Waals surface area contributed by atoms with E-state index in [2.05, 4.69) is 55.8 Å². The Balaban J connectivity index is 0.000000164. The molecule has 0 unspecified atom stereocenters. The van der Waals surface area contributed by atoms with Crippen molar-refractivity contribution in [1.82, 2.24) is 50.1 Å². The zero-order valence-corrected chi connectivity index (χ0v) is 29.4. The molecule has 18 heteroatoms. The number of pyridine rings is 2. The molecule has 2 aliphatic heterocycles. The second-order valence-electron chi connectivity index (χ2n) is 12.4. The van der Waals surface area contributed by atoms with Crippen molar-refractivity contribution in [3.8, 4) is 22.8 Å². The number of anilines is 2. The van der Waals surface area contributed by atoms with Crippen molar-refractivity contribution in [3.63, 3.8) is 0 Å². The van der Waals surface area contributed by atoms with Crippen molar-refractivity contribution in [2.24, 2.45) is 0 Å². The van der Waals surface area contributed by atoms with Crippen molar-refractivity contribution in [1.29, 1.82) is 0 Å². The molecule has 8 rings (SSSR count). The quantitative estimate of drug-likeness (QED) is 0.127. The van der Waals surface area contributed by atoms with Gasteiger partial charge in [-0.2, -0.15) is 0 Å². The molecule has 52 heavy (non-hydrogen) atoms. The number of fused-ring (bicyclic) bond motifs is 2. The number of nitrogens with one attached hydrogen (secondary N) is 5. The average molecular weight is 752 g/mol. The molecule has 0 aromatic carbocycles. The maximum atomic E-state index is 14.3. The Morgan fingerprint density at radius 2 is 1.38 bits per heavy atom. The highest BCUT2D eigenvalue weighted by Crippen LogP contribution is 2.30. The molecule has 270 valence electrons. The van der Waals surface area contributed by atoms with E-state index < -0.39 is 17.7 Å². The molecule has 6 aromatic heterocycles. The number of H-pyrrole nitrogens is 2. The van der Waals surface area contributed by atoms with E-state index in [1.54, 1.807) is 41.8 Å². The van der Waals surface area contributed by atoms with Crippen LogP contribution < -0.4 is 16.0 Å². The smallest absolute Gasteiger partial charge is 0.409 e. The summed E-state index contributed by atoms with van der Waals surface area (Å²) in [4.78, 5) is 44.8. The number of hydrogen-bond donors (Lipinski definition) is 5. The molecular weight excluding hydrogens is 717 g/mol. The normalized spacial score (nSPS) is 17.4. The minimum absolute atomic E-state index is 0.0889. The van der Waals surface area contributed by atoms with Gasteiger partial charge in [-0.25, -0.2) is 43.5 Å². The third-order valence-corrected chi connectivity index (χ3v) is 9.21. The van der Waals surface area contributed by atoms with Gasteiger partial charge in [0.1, 0.15) is 11.3 Å². The van der Waals surface area contributed by atoms with Crippen LogP contribution in [0.4, 0.5) is 25.2 Å². The molecule has 8 heterocycles. The predicted octanol–water partition coefficient (Wildman–Crippen LogP) is 6.43. The van der Waals surface area contributed by atoms with Gasteiger partial charge in [-0.05, 0) is 44.4 Å². The second-order valence-corrected chi connectivity index (χ2v) is 13.2. The number of amides is 1. The number of ether oxygens (including phenoxy) is 1. The first-order chi connectivity index (χ1) is 25.2. The van der Waals surface area contributed by atoms with Crippen molar-refractivity contribution < 1.29 is 18.3 Å². The number of piperidine rings is 2. The van der Waals surface area contributed by atoms with Gasteiger partial charge in [0.2, 0.25) is 0 Å². The second kappa shape index (κ2) is 15.6. The van der Waals surface area contributed by atoms with Crippen LogP contribution in [0.1, 0.15) is 25.7 Å². The molecule has 0 aliphatic carbocycles.